The molecule has 29 heavy (non-hydrogen) atoms. The van der Waals surface area contributed by atoms with E-state index in [1.807, 2.05) is 30.0 Å². The van der Waals surface area contributed by atoms with Crippen LogP contribution in [0, 0.1) is 12.3 Å². The fraction of sp³-hybridized carbons (Fsp3) is 0.400. The van der Waals surface area contributed by atoms with Gasteiger partial charge < -0.3 is 9.32 Å². The van der Waals surface area contributed by atoms with E-state index in [0.29, 0.717) is 0 Å². The number of hydrogen-bond acceptors (Lipinski definition) is 3. The number of aromatic nitrogens is 1. The van der Waals surface area contributed by atoms with Crippen molar-refractivity contribution in [3.8, 4) is 11.3 Å². The maximum Gasteiger partial charge on any atom is 0.230 e. The van der Waals surface area contributed by atoms with Crippen molar-refractivity contribution in [3.63, 3.8) is 0 Å². The number of carbonyl (C=O) groups is 1. The van der Waals surface area contributed by atoms with Crippen LogP contribution < -0.4 is 4.90 Å². The van der Waals surface area contributed by atoms with Crippen LogP contribution in [0.15, 0.2) is 47.0 Å². The van der Waals surface area contributed by atoms with Crippen LogP contribution in [0.25, 0.3) is 22.4 Å². The van der Waals surface area contributed by atoms with Gasteiger partial charge in [-0.3, -0.25) is 9.78 Å². The molecule has 4 heteroatoms. The number of rotatable bonds is 5. The van der Waals surface area contributed by atoms with E-state index in [4.69, 9.17) is 4.42 Å². The normalized spacial score (nSPS) is 15.2. The van der Waals surface area contributed by atoms with Crippen LogP contribution in [0.4, 0.5) is 5.69 Å². The lowest BCUT2D eigenvalue weighted by Crippen LogP contribution is -2.42. The third-order valence-corrected chi connectivity index (χ3v) is 5.88. The molecule has 0 N–H and O–H groups in total. The third kappa shape index (κ3) is 3.93. The Morgan fingerprint density at radius 3 is 2.66 bits per heavy atom. The molecule has 1 aliphatic carbocycles. The number of amides is 1. The summed E-state index contributed by atoms with van der Waals surface area (Å²) >= 11 is 0. The van der Waals surface area contributed by atoms with Crippen LogP contribution in [0.1, 0.15) is 58.4 Å². The van der Waals surface area contributed by atoms with Crippen molar-refractivity contribution >= 4 is 22.7 Å². The van der Waals surface area contributed by atoms with E-state index in [0.717, 1.165) is 59.4 Å². The fourth-order valence-electron chi connectivity index (χ4n) is 4.34. The summed E-state index contributed by atoms with van der Waals surface area (Å²) in [4.78, 5) is 20.0. The van der Waals surface area contributed by atoms with Crippen LogP contribution in [-0.4, -0.2) is 16.9 Å². The first-order valence-corrected chi connectivity index (χ1v) is 10.7. The molecular weight excluding hydrogens is 360 g/mol. The number of benzene rings is 1. The molecular formula is C25H29N2O2. The molecule has 1 aliphatic rings. The summed E-state index contributed by atoms with van der Waals surface area (Å²) in [6.45, 7) is 6.20. The van der Waals surface area contributed by atoms with Gasteiger partial charge in [0, 0.05) is 29.8 Å². The number of carbonyl (C=O) groups excluding carboxylic acids is 1. The summed E-state index contributed by atoms with van der Waals surface area (Å²) in [5.74, 6) is 1.10. The van der Waals surface area contributed by atoms with E-state index in [1.165, 1.54) is 6.42 Å². The maximum absolute atomic E-state index is 13.6. The van der Waals surface area contributed by atoms with Crippen LogP contribution in [-0.2, 0) is 4.79 Å². The lowest BCUT2D eigenvalue weighted by Gasteiger charge is -2.33. The summed E-state index contributed by atoms with van der Waals surface area (Å²) in [5.41, 5.74) is 4.54. The topological polar surface area (TPSA) is 46.3 Å². The zero-order valence-corrected chi connectivity index (χ0v) is 17.5. The minimum Gasteiger partial charge on any atom is -0.454 e. The van der Waals surface area contributed by atoms with E-state index < -0.39 is 0 Å². The number of fused-ring (bicyclic) bond motifs is 1. The quantitative estimate of drug-likeness (QED) is 0.508. The smallest absolute Gasteiger partial charge is 0.230 e. The molecule has 2 heterocycles. The molecule has 1 amide bonds. The van der Waals surface area contributed by atoms with E-state index in [-0.39, 0.29) is 17.9 Å². The molecule has 4 rings (SSSR count). The average molecular weight is 390 g/mol. The van der Waals surface area contributed by atoms with Crippen LogP contribution in [0.5, 0.6) is 0 Å². The molecule has 1 saturated carbocycles. The molecule has 0 atom stereocenters. The van der Waals surface area contributed by atoms with Gasteiger partial charge in [0.2, 0.25) is 5.91 Å². The van der Waals surface area contributed by atoms with E-state index in [2.05, 4.69) is 43.5 Å². The summed E-state index contributed by atoms with van der Waals surface area (Å²) in [7, 11) is 0. The Hall–Kier alpha value is -2.62. The molecule has 1 fully saturated rings. The van der Waals surface area contributed by atoms with Gasteiger partial charge in [-0.1, -0.05) is 32.3 Å². The van der Waals surface area contributed by atoms with Gasteiger partial charge in [-0.05, 0) is 62.9 Å². The Morgan fingerprint density at radius 1 is 1.17 bits per heavy atom. The standard InChI is InChI=1S/C25H29N2O2/c1-4-18-12-13-20(24-16-21-23(29-24)11-8-14-26-21)22(15-18)27(17(2)3)25(28)19-9-6-5-7-10-19/h4,8,11-17,19H,5-7,9-10H2,1-3H3. The average Bonchev–Trinajstić information content (AvgIpc) is 3.18. The zero-order valence-electron chi connectivity index (χ0n) is 17.5. The van der Waals surface area contributed by atoms with Crippen molar-refractivity contribution < 1.29 is 9.21 Å². The molecule has 0 aliphatic heterocycles. The number of hydrogen-bond donors (Lipinski definition) is 0. The van der Waals surface area contributed by atoms with Crippen LogP contribution >= 0.6 is 0 Å². The van der Waals surface area contributed by atoms with Crippen molar-refractivity contribution in [1.82, 2.24) is 4.98 Å². The summed E-state index contributed by atoms with van der Waals surface area (Å²) in [6, 6.07) is 12.1. The Bertz CT molecular complexity index is 966. The third-order valence-electron chi connectivity index (χ3n) is 5.88. The molecule has 1 radical (unpaired) electrons. The zero-order chi connectivity index (χ0) is 20.4. The van der Waals surface area contributed by atoms with Crippen molar-refractivity contribution in [3.05, 3.63) is 54.6 Å². The van der Waals surface area contributed by atoms with Gasteiger partial charge in [-0.25, -0.2) is 0 Å². The Kier molecular flexibility index (Phi) is 5.70. The lowest BCUT2D eigenvalue weighted by molar-refractivity contribution is -0.123. The van der Waals surface area contributed by atoms with Crippen LogP contribution in [0.2, 0.25) is 0 Å². The second-order valence-corrected chi connectivity index (χ2v) is 8.20. The van der Waals surface area contributed by atoms with E-state index in [1.54, 1.807) is 6.20 Å². The van der Waals surface area contributed by atoms with Gasteiger partial charge in [-0.15, -0.1) is 0 Å². The number of nitrogens with zero attached hydrogens (tertiary/aromatic N) is 2. The highest BCUT2D eigenvalue weighted by molar-refractivity contribution is 6.00. The second-order valence-electron chi connectivity index (χ2n) is 8.20. The molecule has 3 aromatic rings. The Labute approximate surface area is 172 Å². The Balaban J connectivity index is 1.81. The number of pyridine rings is 1. The molecule has 0 saturated heterocycles. The van der Waals surface area contributed by atoms with Gasteiger partial charge >= 0.3 is 0 Å². The largest absolute Gasteiger partial charge is 0.454 e. The van der Waals surface area contributed by atoms with E-state index >= 15 is 0 Å². The van der Waals surface area contributed by atoms with E-state index in [9.17, 15) is 4.79 Å². The number of furan rings is 1. The van der Waals surface area contributed by atoms with Crippen molar-refractivity contribution in [2.24, 2.45) is 5.92 Å². The molecule has 4 nitrogen and oxygen atoms in total. The first-order chi connectivity index (χ1) is 14.1. The summed E-state index contributed by atoms with van der Waals surface area (Å²) in [5, 5.41) is 0. The second kappa shape index (κ2) is 8.40. The van der Waals surface area contributed by atoms with Crippen molar-refractivity contribution in [1.29, 1.82) is 0 Å². The molecule has 0 bridgehead atoms. The summed E-state index contributed by atoms with van der Waals surface area (Å²) in [6.07, 6.45) is 9.35. The summed E-state index contributed by atoms with van der Waals surface area (Å²) < 4.78 is 6.11. The minimum absolute atomic E-state index is 0.0674. The molecule has 151 valence electrons. The highest BCUT2D eigenvalue weighted by Gasteiger charge is 2.30. The van der Waals surface area contributed by atoms with Gasteiger partial charge in [0.05, 0.1) is 5.69 Å². The first-order valence-electron chi connectivity index (χ1n) is 10.7. The Morgan fingerprint density at radius 2 is 1.97 bits per heavy atom. The van der Waals surface area contributed by atoms with Crippen molar-refractivity contribution in [2.75, 3.05) is 4.90 Å². The SMILES string of the molecule is C[CH]c1ccc(-c2cc3ncccc3o2)c(N(C(=O)C2CCCCC2)C(C)C)c1. The molecule has 0 spiro atoms. The van der Waals surface area contributed by atoms with Gasteiger partial charge in [0.1, 0.15) is 11.3 Å². The predicted molar refractivity (Wildman–Crippen MR) is 118 cm³/mol. The molecule has 0 unspecified atom stereocenters. The van der Waals surface area contributed by atoms with Crippen LogP contribution in [0.3, 0.4) is 0 Å². The number of anilines is 1. The van der Waals surface area contributed by atoms with Gasteiger partial charge in [0.25, 0.3) is 0 Å². The van der Waals surface area contributed by atoms with Crippen molar-refractivity contribution in [2.45, 2.75) is 58.9 Å². The fourth-order valence-corrected chi connectivity index (χ4v) is 4.34. The minimum atomic E-state index is 0.0674. The predicted octanol–water partition coefficient (Wildman–Crippen LogP) is 6.39. The molecule has 1 aromatic carbocycles. The highest BCUT2D eigenvalue weighted by Crippen LogP contribution is 2.38. The molecule has 2 aromatic heterocycles. The highest BCUT2D eigenvalue weighted by atomic mass is 16.3. The lowest BCUT2D eigenvalue weighted by atomic mass is 9.87. The maximum atomic E-state index is 13.6. The van der Waals surface area contributed by atoms with Gasteiger partial charge in [0.15, 0.2) is 5.58 Å². The monoisotopic (exact) mass is 389 g/mol. The first kappa shape index (κ1) is 19.7. The van der Waals surface area contributed by atoms with Gasteiger partial charge in [-0.2, -0.15) is 0 Å².